The maximum atomic E-state index is 12.7. The third-order valence-corrected chi connectivity index (χ3v) is 6.47. The monoisotopic (exact) mass is 487 g/mol. The molecule has 186 valence electrons. The first-order chi connectivity index (χ1) is 17.4. The highest BCUT2D eigenvalue weighted by molar-refractivity contribution is 5.97. The number of H-pyrrole nitrogens is 1. The summed E-state index contributed by atoms with van der Waals surface area (Å²) < 4.78 is 6.51. The average Bonchev–Trinajstić information content (AvgIpc) is 3.48. The number of nitrogens with one attached hydrogen (secondary N) is 3. The van der Waals surface area contributed by atoms with Gasteiger partial charge in [-0.25, -0.2) is 9.48 Å². The predicted molar refractivity (Wildman–Crippen MR) is 136 cm³/mol. The van der Waals surface area contributed by atoms with E-state index in [2.05, 4.69) is 32.0 Å². The lowest BCUT2D eigenvalue weighted by atomic mass is 10.0. The van der Waals surface area contributed by atoms with Crippen LogP contribution in [0.15, 0.2) is 42.6 Å². The molecule has 1 amide bonds. The van der Waals surface area contributed by atoms with E-state index >= 15 is 0 Å². The summed E-state index contributed by atoms with van der Waals surface area (Å²) in [7, 11) is 3.15. The summed E-state index contributed by atoms with van der Waals surface area (Å²) in [4.78, 5) is 29.4. The number of esters is 1. The molecule has 0 radical (unpaired) electrons. The lowest BCUT2D eigenvalue weighted by Gasteiger charge is -2.19. The molecule has 1 aliphatic rings. The molecule has 36 heavy (non-hydrogen) atoms. The van der Waals surface area contributed by atoms with Crippen molar-refractivity contribution in [2.24, 2.45) is 13.0 Å². The van der Waals surface area contributed by atoms with Crippen molar-refractivity contribution in [1.29, 1.82) is 0 Å². The van der Waals surface area contributed by atoms with Crippen LogP contribution in [0, 0.1) is 5.92 Å². The molecule has 1 saturated carbocycles. The van der Waals surface area contributed by atoms with E-state index in [1.165, 1.54) is 25.5 Å². The van der Waals surface area contributed by atoms with Crippen molar-refractivity contribution < 1.29 is 14.3 Å². The zero-order valence-corrected chi connectivity index (χ0v) is 20.7. The second kappa shape index (κ2) is 9.44. The zero-order chi connectivity index (χ0) is 25.4. The highest BCUT2D eigenvalue weighted by atomic mass is 16.5. The Labute approximate surface area is 208 Å². The van der Waals surface area contributed by atoms with Gasteiger partial charge in [-0.1, -0.05) is 26.0 Å². The number of rotatable bonds is 8. The molecule has 0 unspecified atom stereocenters. The van der Waals surface area contributed by atoms with Gasteiger partial charge >= 0.3 is 5.97 Å². The number of aromatic amines is 1. The Morgan fingerprint density at radius 1 is 1.14 bits per heavy atom. The van der Waals surface area contributed by atoms with E-state index in [-0.39, 0.29) is 11.8 Å². The third-order valence-electron chi connectivity index (χ3n) is 6.47. The van der Waals surface area contributed by atoms with Crippen molar-refractivity contribution in [2.75, 3.05) is 12.4 Å². The Kier molecular flexibility index (Phi) is 6.17. The first kappa shape index (κ1) is 23.5. The number of carbonyl (C=O) groups is 2. The van der Waals surface area contributed by atoms with Gasteiger partial charge in [-0.3, -0.25) is 9.89 Å². The number of methoxy groups -OCH3 is 1. The van der Waals surface area contributed by atoms with Gasteiger partial charge in [0.05, 0.1) is 18.8 Å². The van der Waals surface area contributed by atoms with Crippen LogP contribution in [-0.2, 0) is 16.6 Å². The quantitative estimate of drug-likeness (QED) is 0.322. The zero-order valence-electron chi connectivity index (χ0n) is 20.7. The normalized spacial score (nSPS) is 14.1. The molecule has 3 N–H and O–H groups in total. The van der Waals surface area contributed by atoms with E-state index in [1.54, 1.807) is 28.9 Å². The fourth-order valence-corrected chi connectivity index (χ4v) is 4.32. The smallest absolute Gasteiger partial charge is 0.328 e. The molecule has 0 aliphatic heterocycles. The fraction of sp³-hybridized carbons (Fsp3) is 0.346. The number of nitrogens with zero attached hydrogens (tertiary/aromatic N) is 4. The van der Waals surface area contributed by atoms with Gasteiger partial charge in [0, 0.05) is 29.2 Å². The predicted octanol–water partition coefficient (Wildman–Crippen LogP) is 3.91. The minimum absolute atomic E-state index is 0.0982. The second-order valence-electron chi connectivity index (χ2n) is 9.44. The van der Waals surface area contributed by atoms with E-state index in [0.717, 1.165) is 22.2 Å². The molecular formula is C26H29N7O3. The summed E-state index contributed by atoms with van der Waals surface area (Å²) >= 11 is 0. The molecule has 10 heteroatoms. The molecule has 2 aromatic carbocycles. The number of ether oxygens (including phenoxy) is 1. The number of aryl methyl sites for hydroxylation is 1. The van der Waals surface area contributed by atoms with Crippen LogP contribution >= 0.6 is 0 Å². The molecule has 1 aliphatic carbocycles. The average molecular weight is 488 g/mol. The summed E-state index contributed by atoms with van der Waals surface area (Å²) in [6.45, 7) is 3.70. The highest BCUT2D eigenvalue weighted by Crippen LogP contribution is 2.47. The molecule has 2 aromatic heterocycles. The molecule has 5 rings (SSSR count). The number of anilines is 2. The van der Waals surface area contributed by atoms with Crippen molar-refractivity contribution in [3.63, 3.8) is 0 Å². The Morgan fingerprint density at radius 2 is 1.89 bits per heavy atom. The highest BCUT2D eigenvalue weighted by Gasteiger charge is 2.29. The van der Waals surface area contributed by atoms with Gasteiger partial charge in [-0.05, 0) is 54.5 Å². The molecule has 0 bridgehead atoms. The van der Waals surface area contributed by atoms with Gasteiger partial charge in [0.15, 0.2) is 5.82 Å². The van der Waals surface area contributed by atoms with Crippen molar-refractivity contribution in [1.82, 2.24) is 30.3 Å². The number of benzene rings is 2. The van der Waals surface area contributed by atoms with Crippen LogP contribution in [0.3, 0.4) is 0 Å². The second-order valence-corrected chi connectivity index (χ2v) is 9.44. The number of hydrogen-bond donors (Lipinski definition) is 3. The first-order valence-corrected chi connectivity index (χ1v) is 12.0. The number of fused-ring (bicyclic) bond motifs is 1. The van der Waals surface area contributed by atoms with E-state index < -0.39 is 12.0 Å². The lowest BCUT2D eigenvalue weighted by Crippen LogP contribution is -2.45. The topological polar surface area (TPSA) is 127 Å². The van der Waals surface area contributed by atoms with Crippen LogP contribution in [0.2, 0.25) is 0 Å². The van der Waals surface area contributed by atoms with Gasteiger partial charge in [0.1, 0.15) is 6.04 Å². The standard InChI is InChI=1S/C26H29N7O3/c1-14(2)22(25(35)36-4)29-24(34)17-9-7-16(8-10-17)23-30-26(33(3)32-23)28-20-12-11-19-18(13-27-31-19)21(20)15-5-6-15/h7-15,22H,5-6H2,1-4H3,(H,27,31)(H,29,34)(H,28,30,32)/t22-/m0/s1. The van der Waals surface area contributed by atoms with Gasteiger partial charge in [-0.15, -0.1) is 5.10 Å². The lowest BCUT2D eigenvalue weighted by molar-refractivity contribution is -0.144. The van der Waals surface area contributed by atoms with Gasteiger partial charge in [-0.2, -0.15) is 10.1 Å². The van der Waals surface area contributed by atoms with Crippen molar-refractivity contribution in [3.05, 3.63) is 53.7 Å². The van der Waals surface area contributed by atoms with Gasteiger partial charge < -0.3 is 15.4 Å². The van der Waals surface area contributed by atoms with Crippen LogP contribution in [0.4, 0.5) is 11.6 Å². The van der Waals surface area contributed by atoms with E-state index in [0.29, 0.717) is 23.3 Å². The van der Waals surface area contributed by atoms with E-state index in [9.17, 15) is 9.59 Å². The molecule has 1 fully saturated rings. The van der Waals surface area contributed by atoms with E-state index in [1.807, 2.05) is 33.2 Å². The summed E-state index contributed by atoms with van der Waals surface area (Å²) in [6.07, 6.45) is 4.21. The van der Waals surface area contributed by atoms with Crippen LogP contribution in [0.1, 0.15) is 48.5 Å². The maximum Gasteiger partial charge on any atom is 0.328 e. The van der Waals surface area contributed by atoms with Gasteiger partial charge in [0.25, 0.3) is 5.91 Å². The maximum absolute atomic E-state index is 12.7. The van der Waals surface area contributed by atoms with Crippen molar-refractivity contribution >= 4 is 34.4 Å². The number of carbonyl (C=O) groups excluding carboxylic acids is 2. The molecule has 2 heterocycles. The van der Waals surface area contributed by atoms with Crippen LogP contribution in [0.5, 0.6) is 0 Å². The third kappa shape index (κ3) is 4.53. The summed E-state index contributed by atoms with van der Waals surface area (Å²) in [5.41, 5.74) is 4.50. The summed E-state index contributed by atoms with van der Waals surface area (Å²) in [6, 6.07) is 10.3. The van der Waals surface area contributed by atoms with E-state index in [4.69, 9.17) is 9.72 Å². The largest absolute Gasteiger partial charge is 0.467 e. The Hall–Kier alpha value is -4.21. The Morgan fingerprint density at radius 3 is 2.56 bits per heavy atom. The number of hydrogen-bond acceptors (Lipinski definition) is 7. The molecule has 0 spiro atoms. The SMILES string of the molecule is COC(=O)[C@@H](NC(=O)c1ccc(-c2nc(Nc3ccc4[nH]ncc4c3C3CC3)n(C)n2)cc1)C(C)C. The van der Waals surface area contributed by atoms with Gasteiger partial charge in [0.2, 0.25) is 5.95 Å². The summed E-state index contributed by atoms with van der Waals surface area (Å²) in [5, 5.41) is 19.1. The van der Waals surface area contributed by atoms with Crippen molar-refractivity contribution in [3.8, 4) is 11.4 Å². The van der Waals surface area contributed by atoms with Crippen LogP contribution < -0.4 is 10.6 Å². The first-order valence-electron chi connectivity index (χ1n) is 12.0. The minimum atomic E-state index is -0.713. The summed E-state index contributed by atoms with van der Waals surface area (Å²) in [5.74, 6) is 0.774. The fourth-order valence-electron chi connectivity index (χ4n) is 4.32. The molecular weight excluding hydrogens is 458 g/mol. The van der Waals surface area contributed by atoms with Crippen LogP contribution in [0.25, 0.3) is 22.3 Å². The molecule has 1 atom stereocenters. The Balaban J connectivity index is 1.34. The molecule has 10 nitrogen and oxygen atoms in total. The molecule has 4 aromatic rings. The molecule has 0 saturated heterocycles. The van der Waals surface area contributed by atoms with Crippen molar-refractivity contribution in [2.45, 2.75) is 38.6 Å². The van der Waals surface area contributed by atoms with Crippen LogP contribution in [-0.4, -0.2) is 50.0 Å². The number of amides is 1. The Bertz CT molecular complexity index is 1420. The number of aromatic nitrogens is 5. The minimum Gasteiger partial charge on any atom is -0.467 e.